The zero-order valence-electron chi connectivity index (χ0n) is 13.2. The fourth-order valence-electron chi connectivity index (χ4n) is 2.09. The Morgan fingerprint density at radius 2 is 1.68 bits per heavy atom. The van der Waals surface area contributed by atoms with Gasteiger partial charge in [0.15, 0.2) is 11.6 Å². The Morgan fingerprint density at radius 1 is 1.04 bits per heavy atom. The number of carbonyl (C=O) groups is 1. The number of carbonyl (C=O) groups excluding carboxylic acids is 1. The van der Waals surface area contributed by atoms with Gasteiger partial charge in [0.25, 0.3) is 0 Å². The van der Waals surface area contributed by atoms with Gasteiger partial charge in [0.2, 0.25) is 15.9 Å². The van der Waals surface area contributed by atoms with Gasteiger partial charge in [-0.2, -0.15) is 0 Å². The molecule has 0 fully saturated rings. The minimum absolute atomic E-state index is 0.0871. The zero-order valence-corrected chi connectivity index (χ0v) is 14.0. The van der Waals surface area contributed by atoms with Crippen molar-refractivity contribution in [3.63, 3.8) is 0 Å². The molecule has 25 heavy (non-hydrogen) atoms. The van der Waals surface area contributed by atoms with Crippen LogP contribution in [0.1, 0.15) is 6.42 Å². The molecule has 0 aliphatic carbocycles. The minimum atomic E-state index is -3.81. The Kier molecular flexibility index (Phi) is 5.68. The molecule has 134 valence electrons. The van der Waals surface area contributed by atoms with E-state index in [4.69, 9.17) is 0 Å². The summed E-state index contributed by atoms with van der Waals surface area (Å²) in [4.78, 5) is 11.9. The fraction of sp³-hybridized carbons (Fsp3) is 0.188. The van der Waals surface area contributed by atoms with Gasteiger partial charge in [0, 0.05) is 24.7 Å². The van der Waals surface area contributed by atoms with Gasteiger partial charge in [0.1, 0.15) is 5.82 Å². The van der Waals surface area contributed by atoms with Gasteiger partial charge in [-0.05, 0) is 36.4 Å². The van der Waals surface area contributed by atoms with E-state index in [1.54, 1.807) is 0 Å². The maximum atomic E-state index is 13.3. The first kappa shape index (κ1) is 18.8. The predicted molar refractivity (Wildman–Crippen MR) is 88.2 cm³/mol. The molecule has 0 spiro atoms. The van der Waals surface area contributed by atoms with Gasteiger partial charge in [-0.15, -0.1) is 0 Å². The van der Waals surface area contributed by atoms with E-state index in [9.17, 15) is 26.4 Å². The lowest BCUT2D eigenvalue weighted by Gasteiger charge is -2.22. The monoisotopic (exact) mass is 372 g/mol. The summed E-state index contributed by atoms with van der Waals surface area (Å²) in [6.45, 7) is -0.267. The maximum Gasteiger partial charge on any atom is 0.232 e. The molecule has 1 N–H and O–H groups in total. The maximum absolute atomic E-state index is 13.3. The quantitative estimate of drug-likeness (QED) is 0.848. The third-order valence-electron chi connectivity index (χ3n) is 3.26. The molecule has 0 radical (unpaired) electrons. The van der Waals surface area contributed by atoms with Crippen LogP contribution < -0.4 is 9.62 Å². The van der Waals surface area contributed by atoms with Gasteiger partial charge in [0.05, 0.1) is 11.9 Å². The van der Waals surface area contributed by atoms with E-state index in [0.29, 0.717) is 5.69 Å². The topological polar surface area (TPSA) is 66.5 Å². The first-order valence-electron chi connectivity index (χ1n) is 7.15. The minimum Gasteiger partial charge on any atom is -0.326 e. The standard InChI is InChI=1S/C16H15F3N2O3S/c1-25(23,24)21(13-6-7-14(18)15(19)10-13)9-8-16(22)20-12-4-2-11(17)3-5-12/h2-7,10H,8-9H2,1H3,(H,20,22). The molecule has 0 aliphatic heterocycles. The highest BCUT2D eigenvalue weighted by Crippen LogP contribution is 2.21. The molecule has 0 unspecified atom stereocenters. The molecule has 0 saturated heterocycles. The van der Waals surface area contributed by atoms with Crippen LogP contribution in [0, 0.1) is 17.5 Å². The van der Waals surface area contributed by atoms with E-state index in [1.807, 2.05) is 0 Å². The number of halogens is 3. The van der Waals surface area contributed by atoms with Crippen LogP contribution in [0.25, 0.3) is 0 Å². The van der Waals surface area contributed by atoms with Crippen molar-refractivity contribution in [1.82, 2.24) is 0 Å². The first-order chi connectivity index (χ1) is 11.7. The summed E-state index contributed by atoms with van der Waals surface area (Å²) in [5.41, 5.74) is 0.265. The number of sulfonamides is 1. The van der Waals surface area contributed by atoms with Crippen LogP contribution in [0.5, 0.6) is 0 Å². The summed E-state index contributed by atoms with van der Waals surface area (Å²) >= 11 is 0. The lowest BCUT2D eigenvalue weighted by molar-refractivity contribution is -0.116. The van der Waals surface area contributed by atoms with E-state index in [2.05, 4.69) is 5.32 Å². The summed E-state index contributed by atoms with van der Waals surface area (Å²) in [5.74, 6) is -3.27. The molecule has 1 amide bonds. The fourth-order valence-corrected chi connectivity index (χ4v) is 3.01. The lowest BCUT2D eigenvalue weighted by atomic mass is 10.2. The SMILES string of the molecule is CS(=O)(=O)N(CCC(=O)Nc1ccc(F)cc1)c1ccc(F)c(F)c1. The van der Waals surface area contributed by atoms with E-state index >= 15 is 0 Å². The Bertz CT molecular complexity index is 871. The van der Waals surface area contributed by atoms with Crippen molar-refractivity contribution in [2.75, 3.05) is 22.4 Å². The van der Waals surface area contributed by atoms with E-state index in [-0.39, 0.29) is 18.7 Å². The van der Waals surface area contributed by atoms with E-state index in [1.165, 1.54) is 24.3 Å². The molecule has 0 aromatic heterocycles. The zero-order chi connectivity index (χ0) is 18.6. The highest BCUT2D eigenvalue weighted by molar-refractivity contribution is 7.92. The molecule has 5 nitrogen and oxygen atoms in total. The highest BCUT2D eigenvalue weighted by Gasteiger charge is 2.20. The molecular formula is C16H15F3N2O3S. The average molecular weight is 372 g/mol. The third kappa shape index (κ3) is 5.21. The second-order valence-electron chi connectivity index (χ2n) is 5.24. The van der Waals surface area contributed by atoms with Crippen LogP contribution in [0.3, 0.4) is 0 Å². The second-order valence-corrected chi connectivity index (χ2v) is 7.15. The van der Waals surface area contributed by atoms with Crippen molar-refractivity contribution in [3.05, 3.63) is 59.9 Å². The molecule has 0 heterocycles. The van der Waals surface area contributed by atoms with Crippen molar-refractivity contribution < 1.29 is 26.4 Å². The van der Waals surface area contributed by atoms with E-state index < -0.39 is 33.4 Å². The Morgan fingerprint density at radius 3 is 2.24 bits per heavy atom. The summed E-state index contributed by atoms with van der Waals surface area (Å²) in [7, 11) is -3.81. The first-order valence-corrected chi connectivity index (χ1v) is 9.00. The van der Waals surface area contributed by atoms with Crippen molar-refractivity contribution in [1.29, 1.82) is 0 Å². The number of benzene rings is 2. The number of hydrogen-bond donors (Lipinski definition) is 1. The van der Waals surface area contributed by atoms with Crippen LogP contribution in [0.15, 0.2) is 42.5 Å². The molecule has 0 atom stereocenters. The van der Waals surface area contributed by atoms with Crippen LogP contribution in [-0.4, -0.2) is 27.1 Å². The normalized spacial score (nSPS) is 11.2. The number of rotatable bonds is 6. The van der Waals surface area contributed by atoms with Gasteiger partial charge < -0.3 is 5.32 Å². The Hall–Kier alpha value is -2.55. The number of nitrogens with zero attached hydrogens (tertiary/aromatic N) is 1. The third-order valence-corrected chi connectivity index (χ3v) is 4.46. The molecular weight excluding hydrogens is 357 g/mol. The molecule has 2 aromatic rings. The van der Waals surface area contributed by atoms with Crippen LogP contribution in [0.2, 0.25) is 0 Å². The molecule has 9 heteroatoms. The Balaban J connectivity index is 2.08. The lowest BCUT2D eigenvalue weighted by Crippen LogP contribution is -2.33. The van der Waals surface area contributed by atoms with Crippen molar-refractivity contribution >= 4 is 27.3 Å². The Labute approximate surface area is 143 Å². The van der Waals surface area contributed by atoms with Gasteiger partial charge >= 0.3 is 0 Å². The van der Waals surface area contributed by atoms with Crippen LogP contribution >= 0.6 is 0 Å². The van der Waals surface area contributed by atoms with Gasteiger partial charge in [-0.25, -0.2) is 21.6 Å². The largest absolute Gasteiger partial charge is 0.326 e. The van der Waals surface area contributed by atoms with Crippen LogP contribution in [0.4, 0.5) is 24.5 Å². The number of hydrogen-bond acceptors (Lipinski definition) is 3. The number of nitrogens with one attached hydrogen (secondary N) is 1. The van der Waals surface area contributed by atoms with Gasteiger partial charge in [-0.3, -0.25) is 9.10 Å². The van der Waals surface area contributed by atoms with Crippen molar-refractivity contribution in [2.45, 2.75) is 6.42 Å². The molecule has 2 aromatic carbocycles. The summed E-state index contributed by atoms with van der Waals surface area (Å²) < 4.78 is 63.7. The molecule has 2 rings (SSSR count). The highest BCUT2D eigenvalue weighted by atomic mass is 32.2. The molecule has 0 aliphatic rings. The van der Waals surface area contributed by atoms with Crippen LogP contribution in [-0.2, 0) is 14.8 Å². The average Bonchev–Trinajstić information content (AvgIpc) is 2.52. The van der Waals surface area contributed by atoms with Crippen molar-refractivity contribution in [3.8, 4) is 0 Å². The predicted octanol–water partition coefficient (Wildman–Crippen LogP) is 2.90. The number of amides is 1. The second kappa shape index (κ2) is 7.56. The van der Waals surface area contributed by atoms with Gasteiger partial charge in [-0.1, -0.05) is 0 Å². The summed E-state index contributed by atoms with van der Waals surface area (Å²) in [6.07, 6.45) is 0.662. The smallest absolute Gasteiger partial charge is 0.232 e. The summed E-state index contributed by atoms with van der Waals surface area (Å²) in [5, 5.41) is 2.49. The molecule has 0 bridgehead atoms. The summed E-state index contributed by atoms with van der Waals surface area (Å²) in [6, 6.07) is 7.71. The number of anilines is 2. The molecule has 0 saturated carbocycles. The van der Waals surface area contributed by atoms with Crippen molar-refractivity contribution in [2.24, 2.45) is 0 Å². The van der Waals surface area contributed by atoms with E-state index in [0.717, 1.165) is 28.8 Å².